The van der Waals surface area contributed by atoms with Crippen LogP contribution in [0.25, 0.3) is 11.2 Å². The molecule has 0 radical (unpaired) electrons. The molecule has 0 atom stereocenters. The van der Waals surface area contributed by atoms with E-state index >= 15 is 0 Å². The summed E-state index contributed by atoms with van der Waals surface area (Å²) in [5, 5.41) is 3.39. The van der Waals surface area contributed by atoms with E-state index in [4.69, 9.17) is 0 Å². The Labute approximate surface area is 125 Å². The number of aryl methyl sites for hydroxylation is 1. The molecule has 102 valence electrons. The number of pyridine rings is 1. The SMILES string of the molecule is Cc1ccc(NCCc2nc3ncc(Br)cc3[nH]2)cc1. The number of nitrogens with one attached hydrogen (secondary N) is 2. The molecule has 4 nitrogen and oxygen atoms in total. The van der Waals surface area contributed by atoms with Crippen LogP contribution in [0.15, 0.2) is 41.0 Å². The number of anilines is 1. The summed E-state index contributed by atoms with van der Waals surface area (Å²) in [6.45, 7) is 2.92. The lowest BCUT2D eigenvalue weighted by atomic mass is 10.2. The molecule has 5 heteroatoms. The normalized spacial score (nSPS) is 10.9. The van der Waals surface area contributed by atoms with E-state index in [-0.39, 0.29) is 0 Å². The van der Waals surface area contributed by atoms with E-state index < -0.39 is 0 Å². The zero-order valence-corrected chi connectivity index (χ0v) is 12.7. The number of hydrogen-bond donors (Lipinski definition) is 2. The van der Waals surface area contributed by atoms with Crippen LogP contribution in [0.1, 0.15) is 11.4 Å². The molecule has 2 heterocycles. The van der Waals surface area contributed by atoms with E-state index in [1.165, 1.54) is 5.56 Å². The zero-order valence-electron chi connectivity index (χ0n) is 11.2. The zero-order chi connectivity index (χ0) is 13.9. The van der Waals surface area contributed by atoms with Crippen molar-refractivity contribution in [1.29, 1.82) is 0 Å². The van der Waals surface area contributed by atoms with Gasteiger partial charge < -0.3 is 10.3 Å². The molecule has 0 aliphatic carbocycles. The monoisotopic (exact) mass is 330 g/mol. The van der Waals surface area contributed by atoms with Gasteiger partial charge in [-0.25, -0.2) is 9.97 Å². The number of halogens is 1. The van der Waals surface area contributed by atoms with E-state index in [0.717, 1.165) is 40.1 Å². The van der Waals surface area contributed by atoms with Crippen LogP contribution in [-0.4, -0.2) is 21.5 Å². The molecule has 1 aromatic carbocycles. The van der Waals surface area contributed by atoms with Gasteiger partial charge in [-0.2, -0.15) is 0 Å². The van der Waals surface area contributed by atoms with Gasteiger partial charge in [-0.1, -0.05) is 17.7 Å². The molecule has 3 rings (SSSR count). The number of fused-ring (bicyclic) bond motifs is 1. The van der Waals surface area contributed by atoms with Crippen molar-refractivity contribution in [2.24, 2.45) is 0 Å². The Kier molecular flexibility index (Phi) is 3.69. The third-order valence-electron chi connectivity index (χ3n) is 3.10. The Morgan fingerprint density at radius 3 is 2.85 bits per heavy atom. The fourth-order valence-corrected chi connectivity index (χ4v) is 2.37. The second kappa shape index (κ2) is 5.63. The summed E-state index contributed by atoms with van der Waals surface area (Å²) >= 11 is 3.41. The van der Waals surface area contributed by atoms with Gasteiger partial charge in [-0.15, -0.1) is 0 Å². The summed E-state index contributed by atoms with van der Waals surface area (Å²) < 4.78 is 0.956. The highest BCUT2D eigenvalue weighted by molar-refractivity contribution is 9.10. The number of nitrogens with zero attached hydrogens (tertiary/aromatic N) is 2. The molecule has 0 saturated carbocycles. The molecular formula is C15H15BrN4. The molecular weight excluding hydrogens is 316 g/mol. The average Bonchev–Trinajstić information content (AvgIpc) is 2.83. The first kappa shape index (κ1) is 13.1. The Morgan fingerprint density at radius 1 is 1.25 bits per heavy atom. The number of rotatable bonds is 4. The highest BCUT2D eigenvalue weighted by Gasteiger charge is 2.04. The minimum absolute atomic E-state index is 0.763. The van der Waals surface area contributed by atoms with Crippen molar-refractivity contribution in [1.82, 2.24) is 15.0 Å². The van der Waals surface area contributed by atoms with E-state index in [9.17, 15) is 0 Å². The van der Waals surface area contributed by atoms with Gasteiger partial charge in [0, 0.05) is 29.3 Å². The van der Waals surface area contributed by atoms with Crippen LogP contribution in [-0.2, 0) is 6.42 Å². The van der Waals surface area contributed by atoms with Crippen LogP contribution in [0.4, 0.5) is 5.69 Å². The average molecular weight is 331 g/mol. The van der Waals surface area contributed by atoms with Crippen molar-refractivity contribution in [3.63, 3.8) is 0 Å². The number of aromatic nitrogens is 3. The van der Waals surface area contributed by atoms with Crippen molar-refractivity contribution < 1.29 is 0 Å². The highest BCUT2D eigenvalue weighted by Crippen LogP contribution is 2.15. The lowest BCUT2D eigenvalue weighted by molar-refractivity contribution is 0.933. The topological polar surface area (TPSA) is 53.6 Å². The Bertz CT molecular complexity index is 718. The van der Waals surface area contributed by atoms with E-state index in [0.29, 0.717) is 0 Å². The van der Waals surface area contributed by atoms with Crippen LogP contribution in [0.3, 0.4) is 0 Å². The van der Waals surface area contributed by atoms with Crippen LogP contribution in [0, 0.1) is 6.92 Å². The highest BCUT2D eigenvalue weighted by atomic mass is 79.9. The number of imidazole rings is 1. The van der Waals surface area contributed by atoms with Gasteiger partial charge in [0.25, 0.3) is 0 Å². The van der Waals surface area contributed by atoms with Gasteiger partial charge in [0.05, 0.1) is 5.52 Å². The maximum Gasteiger partial charge on any atom is 0.177 e. The minimum Gasteiger partial charge on any atom is -0.385 e. The first-order chi connectivity index (χ1) is 9.70. The first-order valence-corrected chi connectivity index (χ1v) is 7.31. The van der Waals surface area contributed by atoms with Crippen molar-refractivity contribution in [2.45, 2.75) is 13.3 Å². The molecule has 0 unspecified atom stereocenters. The number of hydrogen-bond acceptors (Lipinski definition) is 3. The molecule has 0 fully saturated rings. The van der Waals surface area contributed by atoms with Gasteiger partial charge in [0.15, 0.2) is 5.65 Å². The summed E-state index contributed by atoms with van der Waals surface area (Å²) in [7, 11) is 0. The summed E-state index contributed by atoms with van der Waals surface area (Å²) in [5.41, 5.74) is 4.13. The molecule has 0 aliphatic rings. The first-order valence-electron chi connectivity index (χ1n) is 6.51. The Morgan fingerprint density at radius 2 is 2.05 bits per heavy atom. The Hall–Kier alpha value is -1.88. The van der Waals surface area contributed by atoms with Gasteiger partial charge in [0.2, 0.25) is 0 Å². The van der Waals surface area contributed by atoms with Crippen LogP contribution in [0.5, 0.6) is 0 Å². The summed E-state index contributed by atoms with van der Waals surface area (Å²) in [4.78, 5) is 12.0. The summed E-state index contributed by atoms with van der Waals surface area (Å²) in [6, 6.07) is 10.4. The van der Waals surface area contributed by atoms with Crippen LogP contribution in [0.2, 0.25) is 0 Å². The fraction of sp³-hybridized carbons (Fsp3) is 0.200. The second-order valence-electron chi connectivity index (χ2n) is 4.75. The molecule has 2 aromatic heterocycles. The summed E-state index contributed by atoms with van der Waals surface area (Å²) in [6.07, 6.45) is 2.60. The van der Waals surface area contributed by atoms with Crippen molar-refractivity contribution in [3.8, 4) is 0 Å². The van der Waals surface area contributed by atoms with Crippen molar-refractivity contribution >= 4 is 32.8 Å². The largest absolute Gasteiger partial charge is 0.385 e. The lowest BCUT2D eigenvalue weighted by Crippen LogP contribution is -2.05. The molecule has 0 aliphatic heterocycles. The second-order valence-corrected chi connectivity index (χ2v) is 5.67. The van der Waals surface area contributed by atoms with Gasteiger partial charge in [0.1, 0.15) is 5.82 Å². The number of benzene rings is 1. The summed E-state index contributed by atoms with van der Waals surface area (Å²) in [5.74, 6) is 0.949. The van der Waals surface area contributed by atoms with E-state index in [2.05, 4.69) is 67.4 Å². The third-order valence-corrected chi connectivity index (χ3v) is 3.53. The smallest absolute Gasteiger partial charge is 0.177 e. The molecule has 2 N–H and O–H groups in total. The minimum atomic E-state index is 0.763. The maximum atomic E-state index is 4.47. The molecule has 0 bridgehead atoms. The molecule has 0 amide bonds. The fourth-order valence-electron chi connectivity index (χ4n) is 2.04. The molecule has 0 saturated heterocycles. The van der Waals surface area contributed by atoms with Gasteiger partial charge in [-0.3, -0.25) is 0 Å². The predicted molar refractivity (Wildman–Crippen MR) is 85.0 cm³/mol. The van der Waals surface area contributed by atoms with Crippen LogP contribution < -0.4 is 5.32 Å². The van der Waals surface area contributed by atoms with E-state index in [1.807, 2.05) is 6.07 Å². The maximum absolute atomic E-state index is 4.47. The van der Waals surface area contributed by atoms with Gasteiger partial charge >= 0.3 is 0 Å². The number of aromatic amines is 1. The Balaban J connectivity index is 1.63. The lowest BCUT2D eigenvalue weighted by Gasteiger charge is -2.05. The standard InChI is InChI=1S/C15H15BrN4/c1-10-2-4-12(5-3-10)17-7-6-14-19-13-8-11(16)9-18-15(13)20-14/h2-5,8-9,17H,6-7H2,1H3,(H,18,19,20). The van der Waals surface area contributed by atoms with Crippen molar-refractivity contribution in [2.75, 3.05) is 11.9 Å². The van der Waals surface area contributed by atoms with Crippen LogP contribution >= 0.6 is 15.9 Å². The number of H-pyrrole nitrogens is 1. The van der Waals surface area contributed by atoms with Crippen molar-refractivity contribution in [3.05, 3.63) is 52.4 Å². The van der Waals surface area contributed by atoms with E-state index in [1.54, 1.807) is 6.20 Å². The molecule has 0 spiro atoms. The van der Waals surface area contributed by atoms with Gasteiger partial charge in [-0.05, 0) is 41.1 Å². The predicted octanol–water partition coefficient (Wildman–Crippen LogP) is 3.68. The third kappa shape index (κ3) is 2.99. The molecule has 3 aromatic rings. The quantitative estimate of drug-likeness (QED) is 0.767. The molecule has 20 heavy (non-hydrogen) atoms.